The molecule has 0 fully saturated rings. The number of carbonyl (C=O) groups is 1. The molecule has 1 aromatic heterocycles. The maximum atomic E-state index is 13.3. The quantitative estimate of drug-likeness (QED) is 0.496. The molecule has 2 atom stereocenters. The molecule has 3 aromatic carbocycles. The van der Waals surface area contributed by atoms with Gasteiger partial charge < -0.3 is 10.7 Å². The lowest BCUT2D eigenvalue weighted by atomic mass is 10.0. The van der Waals surface area contributed by atoms with Crippen LogP contribution in [0.1, 0.15) is 17.2 Å². The van der Waals surface area contributed by atoms with E-state index in [-0.39, 0.29) is 11.9 Å². The van der Waals surface area contributed by atoms with Crippen LogP contribution in [-0.2, 0) is 4.79 Å². The number of fused-ring (bicyclic) bond motifs is 1. The molecule has 2 N–H and O–H groups in total. The van der Waals surface area contributed by atoms with Gasteiger partial charge in [-0.1, -0.05) is 90.1 Å². The first-order valence-electron chi connectivity index (χ1n) is 10.1. The zero-order valence-corrected chi connectivity index (χ0v) is 17.7. The molecule has 1 amide bonds. The van der Waals surface area contributed by atoms with Crippen LogP contribution in [0.15, 0.2) is 90.1 Å². The third kappa shape index (κ3) is 3.92. The molecule has 6 nitrogen and oxygen atoms in total. The minimum absolute atomic E-state index is 0.0780. The van der Waals surface area contributed by atoms with Crippen LogP contribution in [-0.4, -0.2) is 26.0 Å². The first-order chi connectivity index (χ1) is 15.2. The lowest BCUT2D eigenvalue weighted by molar-refractivity contribution is -0.116. The summed E-state index contributed by atoms with van der Waals surface area (Å²) in [6, 6.07) is 27.5. The predicted molar refractivity (Wildman–Crippen MR) is 123 cm³/mol. The Kier molecular flexibility index (Phi) is 5.18. The van der Waals surface area contributed by atoms with Gasteiger partial charge in [-0.15, -0.1) is 10.2 Å². The second kappa shape index (κ2) is 8.28. The minimum Gasteiger partial charge on any atom is -0.325 e. The van der Waals surface area contributed by atoms with E-state index in [0.29, 0.717) is 5.16 Å². The molecule has 0 saturated heterocycles. The average molecular weight is 428 g/mol. The van der Waals surface area contributed by atoms with Gasteiger partial charge in [0, 0.05) is 11.3 Å². The van der Waals surface area contributed by atoms with Crippen LogP contribution in [0.3, 0.4) is 0 Å². The molecule has 0 saturated carbocycles. The van der Waals surface area contributed by atoms with Crippen LogP contribution in [0.2, 0.25) is 0 Å². The summed E-state index contributed by atoms with van der Waals surface area (Å²) in [4.78, 5) is 13.3. The van der Waals surface area contributed by atoms with E-state index < -0.39 is 5.25 Å². The third-order valence-electron chi connectivity index (χ3n) is 5.20. The molecule has 154 valence electrons. The zero-order chi connectivity index (χ0) is 21.2. The van der Waals surface area contributed by atoms with E-state index in [1.807, 2.05) is 96.5 Å². The van der Waals surface area contributed by atoms with Crippen LogP contribution in [0, 0.1) is 6.92 Å². The molecule has 2 heterocycles. The lowest BCUT2D eigenvalue weighted by Gasteiger charge is -2.33. The molecule has 4 aromatic rings. The summed E-state index contributed by atoms with van der Waals surface area (Å²) in [7, 11) is 0. The van der Waals surface area contributed by atoms with E-state index >= 15 is 0 Å². The van der Waals surface area contributed by atoms with E-state index in [1.54, 1.807) is 0 Å². The highest BCUT2D eigenvalue weighted by Gasteiger charge is 2.38. The highest BCUT2D eigenvalue weighted by atomic mass is 32.2. The molecule has 0 unspecified atom stereocenters. The number of amides is 1. The summed E-state index contributed by atoms with van der Waals surface area (Å²) in [5.74, 6) is 0.646. The number of aryl methyl sites for hydroxylation is 1. The zero-order valence-electron chi connectivity index (χ0n) is 16.9. The summed E-state index contributed by atoms with van der Waals surface area (Å²) in [6.07, 6.45) is 0. The van der Waals surface area contributed by atoms with Crippen LogP contribution >= 0.6 is 11.8 Å². The van der Waals surface area contributed by atoms with Gasteiger partial charge in [0.15, 0.2) is 5.82 Å². The maximum Gasteiger partial charge on any atom is 0.240 e. The number of thioether (sulfide) groups is 1. The number of rotatable bonds is 4. The summed E-state index contributed by atoms with van der Waals surface area (Å²) < 4.78 is 1.88. The highest BCUT2D eigenvalue weighted by molar-refractivity contribution is 8.00. The Bertz CT molecular complexity index is 1190. The van der Waals surface area contributed by atoms with Crippen LogP contribution in [0.4, 0.5) is 5.69 Å². The van der Waals surface area contributed by atoms with Crippen molar-refractivity contribution in [1.82, 2.24) is 14.9 Å². The van der Waals surface area contributed by atoms with Gasteiger partial charge in [0.25, 0.3) is 0 Å². The highest BCUT2D eigenvalue weighted by Crippen LogP contribution is 2.38. The van der Waals surface area contributed by atoms with Crippen molar-refractivity contribution in [3.05, 3.63) is 96.1 Å². The number of anilines is 1. The number of hydrogen-bond acceptors (Lipinski definition) is 5. The first-order valence-corrected chi connectivity index (χ1v) is 10.9. The minimum atomic E-state index is -0.413. The summed E-state index contributed by atoms with van der Waals surface area (Å²) in [5.41, 5.74) is 7.41. The molecule has 5 rings (SSSR count). The number of nitrogens with zero attached hydrogens (tertiary/aromatic N) is 3. The largest absolute Gasteiger partial charge is 0.325 e. The first kappa shape index (κ1) is 19.4. The van der Waals surface area contributed by atoms with Crippen LogP contribution in [0.5, 0.6) is 0 Å². The van der Waals surface area contributed by atoms with E-state index in [0.717, 1.165) is 28.2 Å². The fourth-order valence-electron chi connectivity index (χ4n) is 3.59. The second-order valence-electron chi connectivity index (χ2n) is 7.42. The van der Waals surface area contributed by atoms with Crippen LogP contribution < -0.4 is 10.7 Å². The molecule has 31 heavy (non-hydrogen) atoms. The van der Waals surface area contributed by atoms with Crippen molar-refractivity contribution in [2.24, 2.45) is 0 Å². The van der Waals surface area contributed by atoms with E-state index in [2.05, 4.69) is 20.9 Å². The lowest BCUT2D eigenvalue weighted by Crippen LogP contribution is -2.41. The number of nitrogens with one attached hydrogen (secondary N) is 2. The SMILES string of the molecule is Cc1ccc(NC(=O)[C@@H]2Sc3nnc(-c4ccccc4)n3N[C@H]2c2ccccc2)cc1. The van der Waals surface area contributed by atoms with Crippen molar-refractivity contribution in [3.63, 3.8) is 0 Å². The normalized spacial score (nSPS) is 17.5. The fourth-order valence-corrected chi connectivity index (χ4v) is 4.67. The van der Waals surface area contributed by atoms with Crippen molar-refractivity contribution < 1.29 is 4.79 Å². The molecule has 0 bridgehead atoms. The van der Waals surface area contributed by atoms with Crippen molar-refractivity contribution in [1.29, 1.82) is 0 Å². The van der Waals surface area contributed by atoms with Gasteiger partial charge >= 0.3 is 0 Å². The van der Waals surface area contributed by atoms with Gasteiger partial charge in [-0.2, -0.15) is 0 Å². The smallest absolute Gasteiger partial charge is 0.240 e. The topological polar surface area (TPSA) is 71.8 Å². The van der Waals surface area contributed by atoms with E-state index in [4.69, 9.17) is 0 Å². The van der Waals surface area contributed by atoms with Crippen LogP contribution in [0.25, 0.3) is 11.4 Å². The summed E-state index contributed by atoms with van der Waals surface area (Å²) in [5, 5.41) is 12.0. The molecule has 0 spiro atoms. The monoisotopic (exact) mass is 427 g/mol. The standard InChI is InChI=1S/C24H21N5OS/c1-16-12-14-19(15-13-16)25-23(30)21-20(17-8-4-2-5-9-17)28-29-22(26-27-24(29)31-21)18-10-6-3-7-11-18/h2-15,20-21,28H,1H3,(H,25,30)/t20-,21+/m0/s1. The summed E-state index contributed by atoms with van der Waals surface area (Å²) >= 11 is 1.42. The Hall–Kier alpha value is -3.58. The third-order valence-corrected chi connectivity index (χ3v) is 6.42. The average Bonchev–Trinajstić information content (AvgIpc) is 3.24. The molecular weight excluding hydrogens is 406 g/mol. The molecule has 1 aliphatic heterocycles. The van der Waals surface area contributed by atoms with Gasteiger partial charge in [-0.25, -0.2) is 4.68 Å². The number of benzene rings is 3. The van der Waals surface area contributed by atoms with Crippen molar-refractivity contribution in [2.75, 3.05) is 10.7 Å². The molecule has 0 aliphatic carbocycles. The second-order valence-corrected chi connectivity index (χ2v) is 8.53. The Morgan fingerprint density at radius 2 is 1.61 bits per heavy atom. The molecule has 0 radical (unpaired) electrons. The van der Waals surface area contributed by atoms with Crippen molar-refractivity contribution in [2.45, 2.75) is 23.4 Å². The molecule has 1 aliphatic rings. The Morgan fingerprint density at radius 3 is 2.32 bits per heavy atom. The number of hydrogen-bond donors (Lipinski definition) is 2. The number of aromatic nitrogens is 3. The van der Waals surface area contributed by atoms with Crippen molar-refractivity contribution in [3.8, 4) is 11.4 Å². The van der Waals surface area contributed by atoms with Gasteiger partial charge in [0.1, 0.15) is 5.25 Å². The van der Waals surface area contributed by atoms with Gasteiger partial charge in [0.05, 0.1) is 6.04 Å². The Labute approximate surface area is 184 Å². The molecular formula is C24H21N5OS. The maximum absolute atomic E-state index is 13.3. The fraction of sp³-hybridized carbons (Fsp3) is 0.125. The van der Waals surface area contributed by atoms with Crippen molar-refractivity contribution >= 4 is 23.4 Å². The van der Waals surface area contributed by atoms with E-state index in [1.165, 1.54) is 11.8 Å². The number of carbonyl (C=O) groups excluding carboxylic acids is 1. The summed E-state index contributed by atoms with van der Waals surface area (Å²) in [6.45, 7) is 2.02. The predicted octanol–water partition coefficient (Wildman–Crippen LogP) is 4.65. The Balaban J connectivity index is 1.50. The Morgan fingerprint density at radius 1 is 0.935 bits per heavy atom. The van der Waals surface area contributed by atoms with Gasteiger partial charge in [0.2, 0.25) is 11.1 Å². The van der Waals surface area contributed by atoms with Gasteiger partial charge in [-0.3, -0.25) is 4.79 Å². The van der Waals surface area contributed by atoms with E-state index in [9.17, 15) is 4.79 Å². The van der Waals surface area contributed by atoms with Gasteiger partial charge in [-0.05, 0) is 24.6 Å². The molecule has 7 heteroatoms.